The number of aromatic nitrogens is 1. The molecule has 0 unspecified atom stereocenters. The maximum Gasteiger partial charge on any atom is 0.360 e. The van der Waals surface area contributed by atoms with Gasteiger partial charge in [-0.3, -0.25) is 0 Å². The highest BCUT2D eigenvalue weighted by molar-refractivity contribution is 6.30. The van der Waals surface area contributed by atoms with E-state index in [-0.39, 0.29) is 18.1 Å². The Labute approximate surface area is 101 Å². The van der Waals surface area contributed by atoms with E-state index >= 15 is 0 Å². The lowest BCUT2D eigenvalue weighted by atomic mass is 10.2. The quantitative estimate of drug-likeness (QED) is 0.620. The number of alkyl halides is 2. The maximum atomic E-state index is 12.5. The molecule has 0 amide bonds. The van der Waals surface area contributed by atoms with E-state index in [4.69, 9.17) is 21.1 Å². The fourth-order valence-corrected chi connectivity index (χ4v) is 1.36. The zero-order valence-corrected chi connectivity index (χ0v) is 9.92. The predicted octanol–water partition coefficient (Wildman–Crippen LogP) is 2.86. The Morgan fingerprint density at radius 3 is 2.71 bits per heavy atom. The van der Waals surface area contributed by atoms with Crippen LogP contribution in [0, 0.1) is 0 Å². The number of ether oxygens (including phenoxy) is 2. The number of hydrogen-bond acceptors (Lipinski definition) is 4. The van der Waals surface area contributed by atoms with E-state index in [9.17, 15) is 13.6 Å². The monoisotopic (exact) mass is 265 g/mol. The van der Waals surface area contributed by atoms with Crippen molar-refractivity contribution in [3.8, 4) is 5.75 Å². The molecular formula is C10H10ClF2NO3. The van der Waals surface area contributed by atoms with Gasteiger partial charge in [-0.2, -0.15) is 0 Å². The highest BCUT2D eigenvalue weighted by Crippen LogP contribution is 2.31. The molecule has 0 saturated carbocycles. The van der Waals surface area contributed by atoms with Crippen LogP contribution >= 0.6 is 11.6 Å². The van der Waals surface area contributed by atoms with Gasteiger partial charge in [0, 0.05) is 0 Å². The van der Waals surface area contributed by atoms with E-state index in [1.807, 2.05) is 0 Å². The first kappa shape index (κ1) is 13.6. The number of nitrogens with zero attached hydrogens (tertiary/aromatic N) is 1. The molecule has 1 aromatic rings. The Balaban J connectivity index is 3.23. The molecule has 7 heteroatoms. The summed E-state index contributed by atoms with van der Waals surface area (Å²) in [4.78, 5) is 15.0. The second-order valence-corrected chi connectivity index (χ2v) is 3.30. The summed E-state index contributed by atoms with van der Waals surface area (Å²) < 4.78 is 34.6. The number of hydrogen-bond donors (Lipinski definition) is 0. The van der Waals surface area contributed by atoms with Crippen LogP contribution in [0.25, 0.3) is 0 Å². The van der Waals surface area contributed by atoms with Gasteiger partial charge in [-0.05, 0) is 13.0 Å². The van der Waals surface area contributed by atoms with E-state index in [0.29, 0.717) is 0 Å². The Bertz CT molecular complexity index is 426. The molecule has 0 aliphatic heterocycles. The molecule has 0 atom stereocenters. The van der Waals surface area contributed by atoms with Gasteiger partial charge in [0.1, 0.15) is 5.15 Å². The lowest BCUT2D eigenvalue weighted by Gasteiger charge is -2.10. The largest absolute Gasteiger partial charge is 0.494 e. The summed E-state index contributed by atoms with van der Waals surface area (Å²) in [5.74, 6) is -0.866. The molecule has 1 aromatic heterocycles. The van der Waals surface area contributed by atoms with Gasteiger partial charge in [-0.1, -0.05) is 11.6 Å². The van der Waals surface area contributed by atoms with Gasteiger partial charge in [-0.15, -0.1) is 0 Å². The summed E-state index contributed by atoms with van der Waals surface area (Å²) in [7, 11) is 1.24. The molecule has 0 N–H and O–H groups in total. The smallest absolute Gasteiger partial charge is 0.360 e. The first-order valence-electron chi connectivity index (χ1n) is 4.71. The van der Waals surface area contributed by atoms with Crippen LogP contribution in [-0.2, 0) is 4.74 Å². The van der Waals surface area contributed by atoms with Crippen molar-refractivity contribution in [2.45, 2.75) is 13.3 Å². The number of rotatable bonds is 4. The zero-order chi connectivity index (χ0) is 13.0. The molecule has 0 fully saturated rings. The van der Waals surface area contributed by atoms with Crippen molar-refractivity contribution in [2.75, 3.05) is 13.7 Å². The summed E-state index contributed by atoms with van der Waals surface area (Å²) in [5, 5.41) is -0.441. The van der Waals surface area contributed by atoms with Crippen LogP contribution in [0.5, 0.6) is 5.75 Å². The normalized spacial score (nSPS) is 10.5. The lowest BCUT2D eigenvalue weighted by Crippen LogP contribution is -2.10. The molecule has 4 nitrogen and oxygen atoms in total. The van der Waals surface area contributed by atoms with Crippen molar-refractivity contribution < 1.29 is 23.0 Å². The third-order valence-electron chi connectivity index (χ3n) is 1.89. The molecule has 0 radical (unpaired) electrons. The van der Waals surface area contributed by atoms with Gasteiger partial charge in [-0.25, -0.2) is 18.6 Å². The highest BCUT2D eigenvalue weighted by atomic mass is 35.5. The molecule has 94 valence electrons. The van der Waals surface area contributed by atoms with Gasteiger partial charge in [0.25, 0.3) is 6.43 Å². The average Bonchev–Trinajstić information content (AvgIpc) is 2.28. The van der Waals surface area contributed by atoms with Crippen LogP contribution in [-0.4, -0.2) is 24.7 Å². The predicted molar refractivity (Wildman–Crippen MR) is 56.7 cm³/mol. The minimum Gasteiger partial charge on any atom is -0.494 e. The zero-order valence-electron chi connectivity index (χ0n) is 9.17. The minimum absolute atomic E-state index is 0.0943. The van der Waals surface area contributed by atoms with Gasteiger partial charge < -0.3 is 9.47 Å². The van der Waals surface area contributed by atoms with E-state index in [0.717, 1.165) is 6.07 Å². The fourth-order valence-electron chi connectivity index (χ4n) is 1.14. The topological polar surface area (TPSA) is 48.4 Å². The maximum absolute atomic E-state index is 12.5. The Hall–Kier alpha value is -1.43. The van der Waals surface area contributed by atoms with E-state index in [1.165, 1.54) is 7.11 Å². The summed E-state index contributed by atoms with van der Waals surface area (Å²) >= 11 is 5.54. The fraction of sp³-hybridized carbons (Fsp3) is 0.400. The molecule has 0 bridgehead atoms. The number of methoxy groups -OCH3 is 1. The number of pyridine rings is 1. The Morgan fingerprint density at radius 2 is 2.24 bits per heavy atom. The number of halogens is 3. The molecule has 0 aliphatic rings. The van der Waals surface area contributed by atoms with Gasteiger partial charge in [0.05, 0.1) is 19.3 Å². The average molecular weight is 266 g/mol. The van der Waals surface area contributed by atoms with Crippen molar-refractivity contribution >= 4 is 17.6 Å². The second-order valence-electron chi connectivity index (χ2n) is 2.94. The summed E-state index contributed by atoms with van der Waals surface area (Å²) in [6, 6.07) is 0.978. The highest BCUT2D eigenvalue weighted by Gasteiger charge is 2.22. The van der Waals surface area contributed by atoms with Crippen molar-refractivity contribution in [3.63, 3.8) is 0 Å². The third-order valence-corrected chi connectivity index (χ3v) is 2.19. The molecular weight excluding hydrogens is 256 g/mol. The first-order chi connectivity index (χ1) is 8.01. The van der Waals surface area contributed by atoms with Crippen molar-refractivity contribution in [1.82, 2.24) is 4.98 Å². The molecule has 17 heavy (non-hydrogen) atoms. The van der Waals surface area contributed by atoms with Gasteiger partial charge in [0.2, 0.25) is 0 Å². The molecule has 0 aliphatic carbocycles. The molecule has 1 rings (SSSR count). The van der Waals surface area contributed by atoms with Crippen LogP contribution in [0.3, 0.4) is 0 Å². The molecule has 0 saturated heterocycles. The summed E-state index contributed by atoms with van der Waals surface area (Å²) in [6.07, 6.45) is -2.79. The summed E-state index contributed by atoms with van der Waals surface area (Å²) in [6.45, 7) is 1.75. The number of esters is 1. The van der Waals surface area contributed by atoms with E-state index in [1.54, 1.807) is 6.92 Å². The molecule has 0 aromatic carbocycles. The second kappa shape index (κ2) is 5.77. The van der Waals surface area contributed by atoms with E-state index in [2.05, 4.69) is 4.98 Å². The Morgan fingerprint density at radius 1 is 1.59 bits per heavy atom. The minimum atomic E-state index is -2.79. The van der Waals surface area contributed by atoms with Crippen LogP contribution in [0.4, 0.5) is 8.78 Å². The number of carbonyl (C=O) groups excluding carboxylic acids is 1. The first-order valence-corrected chi connectivity index (χ1v) is 5.08. The third kappa shape index (κ3) is 3.03. The van der Waals surface area contributed by atoms with Crippen molar-refractivity contribution in [1.29, 1.82) is 0 Å². The Kier molecular flexibility index (Phi) is 4.62. The SMILES string of the molecule is CCOC(=O)c1nc(Cl)c(C(F)F)cc1OC. The van der Waals surface area contributed by atoms with Crippen LogP contribution in [0.1, 0.15) is 29.4 Å². The van der Waals surface area contributed by atoms with Crippen molar-refractivity contribution in [3.05, 3.63) is 22.5 Å². The van der Waals surface area contributed by atoms with E-state index < -0.39 is 23.1 Å². The standard InChI is InChI=1S/C10H10ClF2NO3/c1-3-17-10(15)7-6(16-2)4-5(9(12)13)8(11)14-7/h4,9H,3H2,1-2H3. The van der Waals surface area contributed by atoms with Crippen molar-refractivity contribution in [2.24, 2.45) is 0 Å². The van der Waals surface area contributed by atoms with Crippen LogP contribution in [0.2, 0.25) is 5.15 Å². The van der Waals surface area contributed by atoms with Gasteiger partial charge in [0.15, 0.2) is 11.4 Å². The number of carbonyl (C=O) groups is 1. The van der Waals surface area contributed by atoms with Crippen LogP contribution in [0.15, 0.2) is 6.07 Å². The molecule has 0 spiro atoms. The van der Waals surface area contributed by atoms with Crippen LogP contribution < -0.4 is 4.74 Å². The van der Waals surface area contributed by atoms with Gasteiger partial charge >= 0.3 is 5.97 Å². The summed E-state index contributed by atoms with van der Waals surface area (Å²) in [5.41, 5.74) is -0.708. The lowest BCUT2D eigenvalue weighted by molar-refractivity contribution is 0.0514. The molecule has 1 heterocycles.